The van der Waals surface area contributed by atoms with Crippen molar-refractivity contribution in [3.05, 3.63) is 83.4 Å². The molecule has 2 aliphatic heterocycles. The molecule has 2 atom stereocenters. The minimum absolute atomic E-state index is 0.221. The first-order chi connectivity index (χ1) is 16.6. The Hall–Kier alpha value is -3.85. The van der Waals surface area contributed by atoms with Crippen LogP contribution in [0.3, 0.4) is 0 Å². The Bertz CT molecular complexity index is 1240. The van der Waals surface area contributed by atoms with Crippen molar-refractivity contribution in [2.45, 2.75) is 19.1 Å². The van der Waals surface area contributed by atoms with E-state index in [1.807, 2.05) is 46.9 Å². The smallest absolute Gasteiger partial charge is 0.211 e. The van der Waals surface area contributed by atoms with Crippen LogP contribution in [0, 0.1) is 12.7 Å². The maximum Gasteiger partial charge on any atom is 0.211 e. The van der Waals surface area contributed by atoms with Gasteiger partial charge in [0.1, 0.15) is 18.2 Å². The molecule has 9 heteroatoms. The van der Waals surface area contributed by atoms with Gasteiger partial charge in [-0.3, -0.25) is 0 Å². The molecule has 2 unspecified atom stereocenters. The van der Waals surface area contributed by atoms with E-state index in [1.54, 1.807) is 25.6 Å². The predicted octanol–water partition coefficient (Wildman–Crippen LogP) is 3.45. The van der Waals surface area contributed by atoms with Crippen LogP contribution in [0.25, 0.3) is 11.8 Å². The molecule has 5 rings (SSSR count). The fraction of sp³-hybridized carbons (Fsp3) is 0.280. The van der Waals surface area contributed by atoms with E-state index in [1.165, 1.54) is 12.1 Å². The van der Waals surface area contributed by atoms with Gasteiger partial charge in [0.25, 0.3) is 0 Å². The highest BCUT2D eigenvalue weighted by molar-refractivity contribution is 6.01. The van der Waals surface area contributed by atoms with Gasteiger partial charge in [0, 0.05) is 6.20 Å². The topological polar surface area (TPSA) is 81.3 Å². The Labute approximate surface area is 196 Å². The fourth-order valence-corrected chi connectivity index (χ4v) is 4.31. The number of methoxy groups -OCH3 is 1. The summed E-state index contributed by atoms with van der Waals surface area (Å²) in [5, 5.41) is 14.1. The first-order valence-corrected chi connectivity index (χ1v) is 11.0. The van der Waals surface area contributed by atoms with Gasteiger partial charge < -0.3 is 28.9 Å². The highest BCUT2D eigenvalue weighted by Crippen LogP contribution is 2.35. The highest BCUT2D eigenvalue weighted by Gasteiger charge is 2.40. The van der Waals surface area contributed by atoms with Gasteiger partial charge in [0.2, 0.25) is 5.84 Å². The number of aliphatic hydroxyl groups excluding tert-OH is 1. The zero-order valence-electron chi connectivity index (χ0n) is 18.9. The van der Waals surface area contributed by atoms with Crippen molar-refractivity contribution in [2.75, 3.05) is 26.9 Å². The summed E-state index contributed by atoms with van der Waals surface area (Å²) < 4.78 is 27.0. The molecule has 0 bridgehead atoms. The van der Waals surface area contributed by atoms with Gasteiger partial charge in [-0.2, -0.15) is 0 Å². The van der Waals surface area contributed by atoms with E-state index in [2.05, 4.69) is 10.1 Å². The molecule has 1 fully saturated rings. The number of oxime groups is 1. The van der Waals surface area contributed by atoms with E-state index in [9.17, 15) is 9.50 Å². The quantitative estimate of drug-likeness (QED) is 0.623. The molecule has 2 aliphatic rings. The van der Waals surface area contributed by atoms with Crippen LogP contribution in [0.1, 0.15) is 22.9 Å². The molecule has 3 aromatic rings. The third-order valence-electron chi connectivity index (χ3n) is 5.93. The van der Waals surface area contributed by atoms with Crippen molar-refractivity contribution in [2.24, 2.45) is 5.16 Å². The Kier molecular flexibility index (Phi) is 5.93. The number of hydrogen-bond acceptors (Lipinski definition) is 7. The zero-order chi connectivity index (χ0) is 23.7. The SMILES string of the molecule is COc1cc(C=C2OCCN3C2=NOC(CO)C3c2ccc(F)cc2)ccc1-n1cnc(C)c1. The molecule has 1 N–H and O–H groups in total. The Morgan fingerprint density at radius 2 is 2.06 bits per heavy atom. The molecule has 0 radical (unpaired) electrons. The molecular weight excluding hydrogens is 439 g/mol. The van der Waals surface area contributed by atoms with Gasteiger partial charge >= 0.3 is 0 Å². The number of nitrogens with zero attached hydrogens (tertiary/aromatic N) is 4. The van der Waals surface area contributed by atoms with Crippen LogP contribution in [-0.4, -0.2) is 58.4 Å². The summed E-state index contributed by atoms with van der Waals surface area (Å²) in [6, 6.07) is 11.7. The van der Waals surface area contributed by atoms with E-state index < -0.39 is 6.10 Å². The number of halogens is 1. The van der Waals surface area contributed by atoms with Crippen molar-refractivity contribution >= 4 is 11.9 Å². The Morgan fingerprint density at radius 1 is 1.24 bits per heavy atom. The van der Waals surface area contributed by atoms with Gasteiger partial charge in [-0.25, -0.2) is 9.37 Å². The maximum absolute atomic E-state index is 13.5. The number of aliphatic hydroxyl groups is 1. The van der Waals surface area contributed by atoms with E-state index in [-0.39, 0.29) is 18.5 Å². The van der Waals surface area contributed by atoms with Gasteiger partial charge in [0.15, 0.2) is 11.9 Å². The van der Waals surface area contributed by atoms with Crippen LogP contribution in [0.15, 0.2) is 65.9 Å². The second-order valence-electron chi connectivity index (χ2n) is 8.14. The second-order valence-corrected chi connectivity index (χ2v) is 8.14. The number of morpholine rings is 1. The number of aryl methyl sites for hydroxylation is 1. The molecule has 1 aromatic heterocycles. The summed E-state index contributed by atoms with van der Waals surface area (Å²) in [5.41, 5.74) is 3.48. The number of hydrogen-bond donors (Lipinski definition) is 1. The molecule has 0 spiro atoms. The van der Waals surface area contributed by atoms with Gasteiger partial charge in [0.05, 0.1) is 44.0 Å². The van der Waals surface area contributed by atoms with Crippen LogP contribution >= 0.6 is 0 Å². The fourth-order valence-electron chi connectivity index (χ4n) is 4.31. The molecule has 0 amide bonds. The Balaban J connectivity index is 1.48. The molecule has 2 aromatic carbocycles. The molecule has 176 valence electrons. The van der Waals surface area contributed by atoms with Crippen LogP contribution in [0.4, 0.5) is 4.39 Å². The first-order valence-electron chi connectivity index (χ1n) is 11.0. The summed E-state index contributed by atoms with van der Waals surface area (Å²) >= 11 is 0. The van der Waals surface area contributed by atoms with E-state index in [0.29, 0.717) is 30.5 Å². The third-order valence-corrected chi connectivity index (χ3v) is 5.93. The Morgan fingerprint density at radius 3 is 2.76 bits per heavy atom. The highest BCUT2D eigenvalue weighted by atomic mass is 19.1. The van der Waals surface area contributed by atoms with Gasteiger partial charge in [-0.05, 0) is 48.4 Å². The van der Waals surface area contributed by atoms with Crippen LogP contribution in [0.5, 0.6) is 5.75 Å². The lowest BCUT2D eigenvalue weighted by Gasteiger charge is -2.43. The molecule has 34 heavy (non-hydrogen) atoms. The summed E-state index contributed by atoms with van der Waals surface area (Å²) in [6.45, 7) is 2.70. The minimum atomic E-state index is -0.577. The number of rotatable bonds is 5. The number of benzene rings is 2. The monoisotopic (exact) mass is 464 g/mol. The normalized spacial score (nSPS) is 20.9. The summed E-state index contributed by atoms with van der Waals surface area (Å²) in [4.78, 5) is 11.9. The molecule has 3 heterocycles. The van der Waals surface area contributed by atoms with Crippen LogP contribution in [0.2, 0.25) is 0 Å². The number of amidine groups is 1. The maximum atomic E-state index is 13.5. The summed E-state index contributed by atoms with van der Waals surface area (Å²) in [5.74, 6) is 1.44. The van der Waals surface area contributed by atoms with Crippen molar-refractivity contribution < 1.29 is 23.8 Å². The average molecular weight is 464 g/mol. The molecular formula is C25H25FN4O4. The molecule has 0 saturated carbocycles. The second kappa shape index (κ2) is 9.18. The molecule has 1 saturated heterocycles. The average Bonchev–Trinajstić information content (AvgIpc) is 3.30. The van der Waals surface area contributed by atoms with E-state index in [4.69, 9.17) is 14.3 Å². The minimum Gasteiger partial charge on any atom is -0.495 e. The lowest BCUT2D eigenvalue weighted by molar-refractivity contribution is -0.0578. The van der Waals surface area contributed by atoms with Crippen molar-refractivity contribution in [3.8, 4) is 11.4 Å². The molecule has 8 nitrogen and oxygen atoms in total. The summed E-state index contributed by atoms with van der Waals surface area (Å²) in [7, 11) is 1.62. The van der Waals surface area contributed by atoms with Crippen molar-refractivity contribution in [1.82, 2.24) is 14.5 Å². The first kappa shape index (κ1) is 22.0. The number of aromatic nitrogens is 2. The number of fused-ring (bicyclic) bond motifs is 1. The lowest BCUT2D eigenvalue weighted by atomic mass is 9.98. The molecule has 0 aliphatic carbocycles. The van der Waals surface area contributed by atoms with Crippen molar-refractivity contribution in [3.63, 3.8) is 0 Å². The van der Waals surface area contributed by atoms with Gasteiger partial charge in [-0.1, -0.05) is 23.4 Å². The summed E-state index contributed by atoms with van der Waals surface area (Å²) in [6.07, 6.45) is 4.97. The largest absolute Gasteiger partial charge is 0.495 e. The van der Waals surface area contributed by atoms with E-state index in [0.717, 1.165) is 22.5 Å². The predicted molar refractivity (Wildman–Crippen MR) is 124 cm³/mol. The lowest BCUT2D eigenvalue weighted by Crippen LogP contribution is -2.50. The van der Waals surface area contributed by atoms with Crippen molar-refractivity contribution in [1.29, 1.82) is 0 Å². The van der Waals surface area contributed by atoms with Crippen LogP contribution in [-0.2, 0) is 9.57 Å². The standard InChI is InChI=1S/C25H25FN4O4/c1-16-13-29(15-27-16)20-8-3-17(11-21(20)32-2)12-22-25-28-34-23(14-31)24(30(25)9-10-33-22)18-4-6-19(26)7-5-18/h3-8,11-13,15,23-24,31H,9-10,14H2,1-2H3. The van der Waals surface area contributed by atoms with Crippen LogP contribution < -0.4 is 4.74 Å². The zero-order valence-corrected chi connectivity index (χ0v) is 18.9. The third kappa shape index (κ3) is 4.10. The van der Waals surface area contributed by atoms with E-state index >= 15 is 0 Å². The number of ether oxygens (including phenoxy) is 2. The number of imidazole rings is 1. The van der Waals surface area contributed by atoms with Gasteiger partial charge in [-0.15, -0.1) is 0 Å².